The van der Waals surface area contributed by atoms with Crippen molar-refractivity contribution < 1.29 is 4.79 Å². The maximum Gasteiger partial charge on any atom is 0.275 e. The summed E-state index contributed by atoms with van der Waals surface area (Å²) < 4.78 is 1.32. The molecule has 0 aliphatic carbocycles. The first-order valence-corrected chi connectivity index (χ1v) is 11.1. The molecule has 2 aromatic carbocycles. The van der Waals surface area contributed by atoms with Crippen LogP contribution in [0.15, 0.2) is 83.9 Å². The molecule has 0 atom stereocenters. The van der Waals surface area contributed by atoms with Crippen molar-refractivity contribution in [2.75, 3.05) is 31.1 Å². The van der Waals surface area contributed by atoms with E-state index >= 15 is 0 Å². The van der Waals surface area contributed by atoms with Crippen molar-refractivity contribution in [2.45, 2.75) is 13.0 Å². The number of aromatic nitrogens is 3. The highest BCUT2D eigenvalue weighted by atomic mass is 16.2. The summed E-state index contributed by atoms with van der Waals surface area (Å²) in [7, 11) is 0. The summed E-state index contributed by atoms with van der Waals surface area (Å²) in [4.78, 5) is 34.3. The quantitative estimate of drug-likeness (QED) is 0.478. The molecule has 1 aliphatic heterocycles. The van der Waals surface area contributed by atoms with Crippen molar-refractivity contribution in [2.24, 2.45) is 0 Å². The number of fused-ring (bicyclic) bond motifs is 1. The smallest absolute Gasteiger partial charge is 0.275 e. The number of anilines is 1. The van der Waals surface area contributed by atoms with E-state index in [4.69, 9.17) is 0 Å². The molecule has 7 heteroatoms. The van der Waals surface area contributed by atoms with E-state index in [9.17, 15) is 9.59 Å². The minimum Gasteiger partial charge on any atom is -0.368 e. The van der Waals surface area contributed by atoms with Crippen LogP contribution >= 0.6 is 0 Å². The second kappa shape index (κ2) is 9.24. The van der Waals surface area contributed by atoms with Crippen molar-refractivity contribution in [1.29, 1.82) is 0 Å². The van der Waals surface area contributed by atoms with Crippen LogP contribution in [0.5, 0.6) is 0 Å². The molecule has 0 unspecified atom stereocenters. The summed E-state index contributed by atoms with van der Waals surface area (Å²) in [6.45, 7) is 2.73. The molecule has 166 valence electrons. The first-order chi connectivity index (χ1) is 16.2. The monoisotopic (exact) mass is 439 g/mol. The molecule has 2 aromatic heterocycles. The molecule has 1 amide bonds. The lowest BCUT2D eigenvalue weighted by atomic mass is 10.1. The summed E-state index contributed by atoms with van der Waals surface area (Å²) in [6.07, 6.45) is 4.05. The van der Waals surface area contributed by atoms with Crippen LogP contribution in [0.3, 0.4) is 0 Å². The van der Waals surface area contributed by atoms with Gasteiger partial charge < -0.3 is 9.80 Å². The van der Waals surface area contributed by atoms with Crippen molar-refractivity contribution >= 4 is 22.4 Å². The molecule has 1 aliphatic rings. The first-order valence-electron chi connectivity index (χ1n) is 11.1. The van der Waals surface area contributed by atoms with Crippen LogP contribution < -0.4 is 10.5 Å². The number of carbonyl (C=O) groups is 1. The molecule has 0 N–H and O–H groups in total. The summed E-state index contributed by atoms with van der Waals surface area (Å²) in [6, 6.07) is 21.5. The number of hydrogen-bond donors (Lipinski definition) is 0. The van der Waals surface area contributed by atoms with Crippen LogP contribution in [0.25, 0.3) is 10.8 Å². The molecule has 33 heavy (non-hydrogen) atoms. The summed E-state index contributed by atoms with van der Waals surface area (Å²) in [5.41, 5.74) is 2.76. The van der Waals surface area contributed by atoms with Crippen LogP contribution in [0, 0.1) is 0 Å². The van der Waals surface area contributed by atoms with E-state index < -0.39 is 0 Å². The Bertz CT molecular complexity index is 1310. The molecule has 5 rings (SSSR count). The van der Waals surface area contributed by atoms with E-state index in [0.29, 0.717) is 24.9 Å². The third kappa shape index (κ3) is 4.48. The number of rotatable bonds is 5. The zero-order chi connectivity index (χ0) is 22.6. The number of piperazine rings is 1. The van der Waals surface area contributed by atoms with Crippen LogP contribution in [-0.2, 0) is 17.8 Å². The minimum absolute atomic E-state index is 0.0572. The van der Waals surface area contributed by atoms with Crippen LogP contribution in [-0.4, -0.2) is 51.8 Å². The lowest BCUT2D eigenvalue weighted by Crippen LogP contribution is -2.50. The molecular weight excluding hydrogens is 414 g/mol. The fourth-order valence-corrected chi connectivity index (χ4v) is 4.32. The lowest BCUT2D eigenvalue weighted by molar-refractivity contribution is -0.132. The van der Waals surface area contributed by atoms with Gasteiger partial charge in [0.25, 0.3) is 5.56 Å². The third-order valence-corrected chi connectivity index (χ3v) is 6.10. The summed E-state index contributed by atoms with van der Waals surface area (Å²) in [5, 5.41) is 6.02. The first kappa shape index (κ1) is 20.9. The Kier molecular flexibility index (Phi) is 5.85. The van der Waals surface area contributed by atoms with E-state index in [0.717, 1.165) is 35.4 Å². The van der Waals surface area contributed by atoms with Crippen molar-refractivity contribution in [3.05, 3.63) is 101 Å². The Labute approximate surface area is 191 Å². The van der Waals surface area contributed by atoms with E-state index in [2.05, 4.69) is 27.1 Å². The number of para-hydroxylation sites is 1. The van der Waals surface area contributed by atoms with Crippen molar-refractivity contribution in [3.63, 3.8) is 0 Å². The third-order valence-electron chi connectivity index (χ3n) is 6.10. The molecule has 0 radical (unpaired) electrons. The summed E-state index contributed by atoms with van der Waals surface area (Å²) >= 11 is 0. The highest BCUT2D eigenvalue weighted by Gasteiger charge is 2.22. The molecule has 0 spiro atoms. The Morgan fingerprint density at radius 3 is 2.21 bits per heavy atom. The normalized spacial score (nSPS) is 13.9. The Hall–Kier alpha value is -4.00. The van der Waals surface area contributed by atoms with Crippen LogP contribution in [0.1, 0.15) is 11.3 Å². The predicted octanol–water partition coefficient (Wildman–Crippen LogP) is 2.73. The maximum atomic E-state index is 13.1. The zero-order valence-corrected chi connectivity index (χ0v) is 18.3. The molecular formula is C26H25N5O2. The molecule has 0 saturated carbocycles. The fourth-order valence-electron chi connectivity index (χ4n) is 4.32. The van der Waals surface area contributed by atoms with Crippen molar-refractivity contribution in [1.82, 2.24) is 19.7 Å². The lowest BCUT2D eigenvalue weighted by Gasteiger charge is -2.36. The van der Waals surface area contributed by atoms with Gasteiger partial charge in [-0.2, -0.15) is 5.10 Å². The highest BCUT2D eigenvalue weighted by molar-refractivity contribution is 5.84. The number of hydrogen-bond acceptors (Lipinski definition) is 5. The second-order valence-corrected chi connectivity index (χ2v) is 8.19. The number of nitrogens with zero attached hydrogens (tertiary/aromatic N) is 5. The van der Waals surface area contributed by atoms with Gasteiger partial charge in [0.2, 0.25) is 5.91 Å². The highest BCUT2D eigenvalue weighted by Crippen LogP contribution is 2.18. The van der Waals surface area contributed by atoms with Gasteiger partial charge in [-0.3, -0.25) is 14.6 Å². The van der Waals surface area contributed by atoms with Gasteiger partial charge in [-0.25, -0.2) is 4.68 Å². The van der Waals surface area contributed by atoms with Crippen LogP contribution in [0.4, 0.5) is 5.69 Å². The minimum atomic E-state index is -0.236. The second-order valence-electron chi connectivity index (χ2n) is 8.19. The molecule has 7 nitrogen and oxygen atoms in total. The number of amides is 1. The molecule has 1 fully saturated rings. The van der Waals surface area contributed by atoms with Crippen molar-refractivity contribution in [3.8, 4) is 0 Å². The average molecular weight is 440 g/mol. The molecule has 1 saturated heterocycles. The Morgan fingerprint density at radius 1 is 0.818 bits per heavy atom. The SMILES string of the molecule is O=C(Cn1nc(Cc2ccncc2)c2ccccc2c1=O)N1CCN(c2ccccc2)CC1. The maximum absolute atomic E-state index is 13.1. The van der Waals surface area contributed by atoms with Gasteiger partial charge >= 0.3 is 0 Å². The largest absolute Gasteiger partial charge is 0.368 e. The van der Waals surface area contributed by atoms with Gasteiger partial charge in [0.05, 0.1) is 11.1 Å². The zero-order valence-electron chi connectivity index (χ0n) is 18.3. The van der Waals surface area contributed by atoms with E-state index in [1.165, 1.54) is 4.68 Å². The van der Waals surface area contributed by atoms with Gasteiger partial charge in [0, 0.05) is 56.1 Å². The van der Waals surface area contributed by atoms with Gasteiger partial charge in [0.15, 0.2) is 0 Å². The molecule has 4 aromatic rings. The number of carbonyl (C=O) groups excluding carboxylic acids is 1. The molecule has 3 heterocycles. The van der Waals surface area contributed by atoms with Crippen LogP contribution in [0.2, 0.25) is 0 Å². The van der Waals surface area contributed by atoms with Gasteiger partial charge in [-0.15, -0.1) is 0 Å². The molecule has 0 bridgehead atoms. The van der Waals surface area contributed by atoms with Gasteiger partial charge in [-0.05, 0) is 35.9 Å². The van der Waals surface area contributed by atoms with Gasteiger partial charge in [0.1, 0.15) is 6.54 Å². The van der Waals surface area contributed by atoms with Gasteiger partial charge in [-0.1, -0.05) is 36.4 Å². The number of benzene rings is 2. The van der Waals surface area contributed by atoms with E-state index in [-0.39, 0.29) is 18.0 Å². The Morgan fingerprint density at radius 2 is 1.48 bits per heavy atom. The number of pyridine rings is 1. The standard InChI is InChI=1S/C26H25N5O2/c32-25(30-16-14-29(15-17-30)21-6-2-1-3-7-21)19-31-26(33)23-9-5-4-8-22(23)24(28-31)18-20-10-12-27-13-11-20/h1-13H,14-19H2. The topological polar surface area (TPSA) is 71.3 Å². The fraction of sp³-hybridized carbons (Fsp3) is 0.231. The summed E-state index contributed by atoms with van der Waals surface area (Å²) in [5.74, 6) is -0.0811. The average Bonchev–Trinajstić information content (AvgIpc) is 2.88. The Balaban J connectivity index is 1.36. The van der Waals surface area contributed by atoms with E-state index in [1.807, 2.05) is 53.4 Å². The predicted molar refractivity (Wildman–Crippen MR) is 128 cm³/mol. The van der Waals surface area contributed by atoms with E-state index in [1.54, 1.807) is 18.5 Å².